The maximum atomic E-state index is 13.1. The highest BCUT2D eigenvalue weighted by molar-refractivity contribution is 7.99. The lowest BCUT2D eigenvalue weighted by Gasteiger charge is -2.12. The Morgan fingerprint density at radius 1 is 1.17 bits per heavy atom. The molecule has 124 valence electrons. The topological polar surface area (TPSA) is 65.0 Å². The number of fused-ring (bicyclic) bond motifs is 1. The van der Waals surface area contributed by atoms with Gasteiger partial charge in [0, 0.05) is 10.6 Å². The Labute approximate surface area is 139 Å². The Hall–Kier alpha value is -1.39. The summed E-state index contributed by atoms with van der Waals surface area (Å²) in [6, 6.07) is 13.5. The molecule has 0 heterocycles. The van der Waals surface area contributed by atoms with Crippen molar-refractivity contribution in [3.63, 3.8) is 0 Å². The summed E-state index contributed by atoms with van der Waals surface area (Å²) < 4.78 is 34.3. The number of thioether (sulfide) groups is 1. The number of carbonyl (C=O) groups excluding carboxylic acids is 1. The first-order chi connectivity index (χ1) is 11.0. The SMILES string of the molecule is O=C(OCCSc1cccc2ccccc12)C(F)(F)SOOO. The molecule has 0 aliphatic rings. The van der Waals surface area contributed by atoms with Gasteiger partial charge in [-0.25, -0.2) is 10.1 Å². The number of halogens is 2. The van der Waals surface area contributed by atoms with Gasteiger partial charge in [-0.15, -0.1) is 16.1 Å². The van der Waals surface area contributed by atoms with Crippen LogP contribution in [0, 0.1) is 0 Å². The first kappa shape index (κ1) is 18.0. The summed E-state index contributed by atoms with van der Waals surface area (Å²) in [4.78, 5) is 12.1. The highest BCUT2D eigenvalue weighted by atomic mass is 32.2. The van der Waals surface area contributed by atoms with Crippen molar-refractivity contribution in [2.45, 2.75) is 10.2 Å². The van der Waals surface area contributed by atoms with Crippen LogP contribution in [-0.4, -0.2) is 28.8 Å². The summed E-state index contributed by atoms with van der Waals surface area (Å²) in [6.45, 7) is -0.192. The van der Waals surface area contributed by atoms with Crippen LogP contribution >= 0.6 is 23.8 Å². The molecule has 0 amide bonds. The number of hydrogen-bond donors (Lipinski definition) is 1. The number of esters is 1. The molecule has 0 saturated heterocycles. The summed E-state index contributed by atoms with van der Waals surface area (Å²) in [5, 5.41) is 8.97. The molecule has 2 aromatic carbocycles. The number of alkyl halides is 2. The minimum atomic E-state index is -3.97. The second kappa shape index (κ2) is 8.46. The standard InChI is InChI=1S/C14H12F2O5S2/c15-14(16,23-21-20-18)13(17)19-8-9-22-12-7-3-5-10-4-1-2-6-11(10)12/h1-7,18H,8-9H2. The number of carbonyl (C=O) groups is 1. The molecule has 0 aromatic heterocycles. The molecule has 9 heteroatoms. The molecule has 1 N–H and O–H groups in total. The molecule has 5 nitrogen and oxygen atoms in total. The van der Waals surface area contributed by atoms with Gasteiger partial charge < -0.3 is 4.74 Å². The fraction of sp³-hybridized carbons (Fsp3) is 0.214. The largest absolute Gasteiger partial charge is 0.460 e. The van der Waals surface area contributed by atoms with Crippen LogP contribution in [0.2, 0.25) is 0 Å². The Bertz CT molecular complexity index is 663. The van der Waals surface area contributed by atoms with Crippen LogP contribution in [0.5, 0.6) is 0 Å². The molecule has 2 aromatic rings. The van der Waals surface area contributed by atoms with Crippen molar-refractivity contribution >= 4 is 40.5 Å². The molecule has 0 unspecified atom stereocenters. The van der Waals surface area contributed by atoms with Gasteiger partial charge in [0.2, 0.25) is 0 Å². The normalized spacial score (nSPS) is 11.6. The van der Waals surface area contributed by atoms with Crippen molar-refractivity contribution in [2.75, 3.05) is 12.4 Å². The fourth-order valence-electron chi connectivity index (χ4n) is 1.78. The average Bonchev–Trinajstić information content (AvgIpc) is 2.56. The van der Waals surface area contributed by atoms with Gasteiger partial charge >= 0.3 is 11.2 Å². The summed E-state index contributed by atoms with van der Waals surface area (Å²) in [6.07, 6.45) is 0. The van der Waals surface area contributed by atoms with E-state index < -0.39 is 23.3 Å². The maximum Gasteiger partial charge on any atom is 0.415 e. The van der Waals surface area contributed by atoms with Gasteiger partial charge in [-0.2, -0.15) is 8.78 Å². The van der Waals surface area contributed by atoms with Crippen LogP contribution in [0.15, 0.2) is 47.4 Å². The van der Waals surface area contributed by atoms with Crippen molar-refractivity contribution in [3.8, 4) is 0 Å². The van der Waals surface area contributed by atoms with Crippen LogP contribution in [0.3, 0.4) is 0 Å². The summed E-state index contributed by atoms with van der Waals surface area (Å²) in [5.41, 5.74) is 0. The zero-order chi connectivity index (χ0) is 16.7. The van der Waals surface area contributed by atoms with E-state index in [1.54, 1.807) is 0 Å². The predicted octanol–water partition coefficient (Wildman–Crippen LogP) is 4.14. The van der Waals surface area contributed by atoms with Crippen molar-refractivity contribution in [1.29, 1.82) is 0 Å². The minimum absolute atomic E-state index is 0.192. The number of benzene rings is 2. The molecule has 23 heavy (non-hydrogen) atoms. The molecule has 0 aliphatic heterocycles. The third kappa shape index (κ3) is 5.05. The van der Waals surface area contributed by atoms with Gasteiger partial charge in [0.1, 0.15) is 18.6 Å². The lowest BCUT2D eigenvalue weighted by Crippen LogP contribution is -2.28. The van der Waals surface area contributed by atoms with Crippen LogP contribution in [-0.2, 0) is 18.9 Å². The van der Waals surface area contributed by atoms with Crippen LogP contribution in [0.1, 0.15) is 0 Å². The molecule has 0 radical (unpaired) electrons. The summed E-state index contributed by atoms with van der Waals surface area (Å²) in [7, 11) is 0. The quantitative estimate of drug-likeness (QED) is 0.189. The third-order valence-electron chi connectivity index (χ3n) is 2.73. The number of ether oxygens (including phenoxy) is 1. The molecule has 0 atom stereocenters. The predicted molar refractivity (Wildman–Crippen MR) is 83.0 cm³/mol. The van der Waals surface area contributed by atoms with Gasteiger partial charge in [0.15, 0.2) is 0 Å². The Kier molecular flexibility index (Phi) is 6.60. The van der Waals surface area contributed by atoms with E-state index in [1.165, 1.54) is 11.8 Å². The zero-order valence-corrected chi connectivity index (χ0v) is 13.2. The molecule has 0 bridgehead atoms. The smallest absolute Gasteiger partial charge is 0.415 e. The second-order valence-electron chi connectivity index (χ2n) is 4.20. The van der Waals surface area contributed by atoms with Crippen molar-refractivity contribution in [3.05, 3.63) is 42.5 Å². The first-order valence-electron chi connectivity index (χ1n) is 6.36. The minimum Gasteiger partial charge on any atom is -0.460 e. The van der Waals surface area contributed by atoms with Crippen LogP contribution < -0.4 is 0 Å². The van der Waals surface area contributed by atoms with Gasteiger partial charge in [0.25, 0.3) is 0 Å². The average molecular weight is 362 g/mol. The molecule has 0 spiro atoms. The summed E-state index contributed by atoms with van der Waals surface area (Å²) in [5.74, 6) is -1.45. The number of rotatable bonds is 8. The van der Waals surface area contributed by atoms with Gasteiger partial charge in [-0.05, 0) is 16.8 Å². The van der Waals surface area contributed by atoms with E-state index in [1.807, 2.05) is 42.5 Å². The lowest BCUT2D eigenvalue weighted by atomic mass is 10.1. The Morgan fingerprint density at radius 2 is 1.91 bits per heavy atom. The fourth-order valence-corrected chi connectivity index (χ4v) is 2.93. The molecule has 0 fully saturated rings. The van der Waals surface area contributed by atoms with Gasteiger partial charge in [-0.1, -0.05) is 41.4 Å². The van der Waals surface area contributed by atoms with E-state index in [-0.39, 0.29) is 6.61 Å². The van der Waals surface area contributed by atoms with E-state index >= 15 is 0 Å². The second-order valence-corrected chi connectivity index (χ2v) is 6.16. The van der Waals surface area contributed by atoms with Crippen LogP contribution in [0.4, 0.5) is 8.78 Å². The monoisotopic (exact) mass is 362 g/mol. The molecule has 0 saturated carbocycles. The van der Waals surface area contributed by atoms with Crippen molar-refractivity contribution in [1.82, 2.24) is 0 Å². The van der Waals surface area contributed by atoms with E-state index in [2.05, 4.69) is 14.1 Å². The Morgan fingerprint density at radius 3 is 2.70 bits per heavy atom. The Balaban J connectivity index is 1.84. The van der Waals surface area contributed by atoms with Gasteiger partial charge in [0.05, 0.1) is 0 Å². The van der Waals surface area contributed by atoms with E-state index in [4.69, 9.17) is 5.26 Å². The highest BCUT2D eigenvalue weighted by Crippen LogP contribution is 2.31. The van der Waals surface area contributed by atoms with E-state index in [0.717, 1.165) is 15.7 Å². The van der Waals surface area contributed by atoms with Crippen LogP contribution in [0.25, 0.3) is 10.8 Å². The highest BCUT2D eigenvalue weighted by Gasteiger charge is 2.44. The zero-order valence-electron chi connectivity index (χ0n) is 11.6. The van der Waals surface area contributed by atoms with Crippen molar-refractivity contribution < 1.29 is 32.9 Å². The number of hydrogen-bond acceptors (Lipinski definition) is 7. The van der Waals surface area contributed by atoms with E-state index in [0.29, 0.717) is 5.75 Å². The summed E-state index contributed by atoms with van der Waals surface area (Å²) >= 11 is 0.752. The van der Waals surface area contributed by atoms with E-state index in [9.17, 15) is 13.6 Å². The molecule has 2 rings (SSSR count). The lowest BCUT2D eigenvalue weighted by molar-refractivity contribution is -0.433. The third-order valence-corrected chi connectivity index (χ3v) is 4.27. The molecule has 0 aliphatic carbocycles. The molecular formula is C14H12F2O5S2. The first-order valence-corrected chi connectivity index (χ1v) is 8.09. The maximum absolute atomic E-state index is 13.1. The van der Waals surface area contributed by atoms with Gasteiger partial charge in [-0.3, -0.25) is 0 Å². The van der Waals surface area contributed by atoms with Crippen molar-refractivity contribution in [2.24, 2.45) is 0 Å². The molecular weight excluding hydrogens is 350 g/mol.